The molecule has 5 heteroatoms. The van der Waals surface area contributed by atoms with Crippen LogP contribution in [0.5, 0.6) is 0 Å². The average molecular weight is 363 g/mol. The van der Waals surface area contributed by atoms with Gasteiger partial charge >= 0.3 is 0 Å². The highest BCUT2D eigenvalue weighted by molar-refractivity contribution is 9.11. The molecule has 0 aliphatic rings. The molecule has 0 aliphatic heterocycles. The second kappa shape index (κ2) is 4.96. The Morgan fingerprint density at radius 2 is 2.12 bits per heavy atom. The summed E-state index contributed by atoms with van der Waals surface area (Å²) in [7, 11) is 0. The minimum atomic E-state index is 0.0128. The second-order valence-electron chi connectivity index (χ2n) is 3.38. The van der Waals surface area contributed by atoms with Gasteiger partial charge in [0.15, 0.2) is 3.92 Å². The zero-order chi connectivity index (χ0) is 11.7. The van der Waals surface area contributed by atoms with Gasteiger partial charge in [-0.15, -0.1) is 11.3 Å². The predicted octanol–water partition coefficient (Wildman–Crippen LogP) is 4.14. The van der Waals surface area contributed by atoms with Gasteiger partial charge in [-0.1, -0.05) is 28.1 Å². The van der Waals surface area contributed by atoms with E-state index in [1.807, 2.05) is 25.1 Å². The molecular formula is C11H9Br2NOS. The second-order valence-corrected chi connectivity index (χ2v) is 6.59. The van der Waals surface area contributed by atoms with Crippen LogP contribution in [0.15, 0.2) is 26.6 Å². The highest BCUT2D eigenvalue weighted by Gasteiger charge is 2.13. The number of benzene rings is 1. The molecule has 2 nitrogen and oxygen atoms in total. The number of halogens is 2. The first-order valence-corrected chi connectivity index (χ1v) is 7.04. The molecule has 1 aromatic carbocycles. The van der Waals surface area contributed by atoms with Crippen LogP contribution in [0.3, 0.4) is 0 Å². The highest BCUT2D eigenvalue weighted by Crippen LogP contribution is 2.35. The Bertz CT molecular complexity index is 525. The Hall–Kier alpha value is -0.230. The van der Waals surface area contributed by atoms with Gasteiger partial charge in [-0.25, -0.2) is 4.98 Å². The van der Waals surface area contributed by atoms with Gasteiger partial charge in [0.05, 0.1) is 17.2 Å². The number of aliphatic hydroxyl groups excluding tert-OH is 1. The van der Waals surface area contributed by atoms with Crippen molar-refractivity contribution in [1.29, 1.82) is 0 Å². The minimum absolute atomic E-state index is 0.0128. The monoisotopic (exact) mass is 361 g/mol. The molecule has 1 heterocycles. The number of nitrogens with zero attached hydrogens (tertiary/aromatic N) is 1. The maximum absolute atomic E-state index is 9.27. The van der Waals surface area contributed by atoms with Gasteiger partial charge in [-0.05, 0) is 34.5 Å². The SMILES string of the molecule is Cc1ccc(-c2nc(Br)sc2CO)c(Br)c1. The molecular weight excluding hydrogens is 354 g/mol. The van der Waals surface area contributed by atoms with E-state index < -0.39 is 0 Å². The summed E-state index contributed by atoms with van der Waals surface area (Å²) in [5.41, 5.74) is 3.04. The number of thiazole rings is 1. The molecule has 16 heavy (non-hydrogen) atoms. The number of hydrogen-bond acceptors (Lipinski definition) is 3. The Morgan fingerprint density at radius 3 is 2.75 bits per heavy atom. The summed E-state index contributed by atoms with van der Waals surface area (Å²) in [6, 6.07) is 6.10. The lowest BCUT2D eigenvalue weighted by Crippen LogP contribution is -1.87. The van der Waals surface area contributed by atoms with Crippen LogP contribution >= 0.6 is 43.2 Å². The zero-order valence-electron chi connectivity index (χ0n) is 8.50. The molecule has 2 aromatic rings. The number of aliphatic hydroxyl groups is 1. The van der Waals surface area contributed by atoms with E-state index in [0.717, 1.165) is 24.5 Å². The summed E-state index contributed by atoms with van der Waals surface area (Å²) < 4.78 is 1.79. The van der Waals surface area contributed by atoms with Crippen molar-refractivity contribution >= 4 is 43.2 Å². The van der Waals surface area contributed by atoms with Crippen LogP contribution in [-0.2, 0) is 6.61 Å². The van der Waals surface area contributed by atoms with Gasteiger partial charge in [0.2, 0.25) is 0 Å². The fourth-order valence-corrected chi connectivity index (χ4v) is 3.55. The zero-order valence-corrected chi connectivity index (χ0v) is 12.5. The quantitative estimate of drug-likeness (QED) is 0.870. The molecule has 0 amide bonds. The molecule has 0 saturated carbocycles. The Kier molecular flexibility index (Phi) is 3.79. The maximum atomic E-state index is 9.27. The number of aryl methyl sites for hydroxylation is 1. The molecule has 0 aliphatic carbocycles. The van der Waals surface area contributed by atoms with Gasteiger partial charge in [-0.2, -0.15) is 0 Å². The van der Waals surface area contributed by atoms with Gasteiger partial charge in [0.1, 0.15) is 0 Å². The van der Waals surface area contributed by atoms with E-state index >= 15 is 0 Å². The molecule has 84 valence electrons. The minimum Gasteiger partial charge on any atom is -0.391 e. The summed E-state index contributed by atoms with van der Waals surface area (Å²) in [6.07, 6.45) is 0. The number of aromatic nitrogens is 1. The lowest BCUT2D eigenvalue weighted by Gasteiger charge is -2.04. The molecule has 0 saturated heterocycles. The van der Waals surface area contributed by atoms with E-state index in [1.165, 1.54) is 16.9 Å². The third kappa shape index (κ3) is 2.37. The van der Waals surface area contributed by atoms with E-state index in [9.17, 15) is 5.11 Å². The van der Waals surface area contributed by atoms with Crippen molar-refractivity contribution in [3.63, 3.8) is 0 Å². The fraction of sp³-hybridized carbons (Fsp3) is 0.182. The van der Waals surface area contributed by atoms with E-state index in [4.69, 9.17) is 0 Å². The highest BCUT2D eigenvalue weighted by atomic mass is 79.9. The van der Waals surface area contributed by atoms with Gasteiger partial charge in [0, 0.05) is 10.0 Å². The van der Waals surface area contributed by atoms with E-state index in [1.54, 1.807) is 0 Å². The summed E-state index contributed by atoms with van der Waals surface area (Å²) >= 11 is 8.32. The van der Waals surface area contributed by atoms with Gasteiger partial charge in [-0.3, -0.25) is 0 Å². The van der Waals surface area contributed by atoms with Crippen LogP contribution in [0.4, 0.5) is 0 Å². The first-order chi connectivity index (χ1) is 7.61. The van der Waals surface area contributed by atoms with Crippen LogP contribution in [-0.4, -0.2) is 10.1 Å². The lowest BCUT2D eigenvalue weighted by molar-refractivity contribution is 0.286. The van der Waals surface area contributed by atoms with Crippen molar-refractivity contribution in [1.82, 2.24) is 4.98 Å². The molecule has 0 radical (unpaired) electrons. The van der Waals surface area contributed by atoms with E-state index in [0.29, 0.717) is 0 Å². The van der Waals surface area contributed by atoms with Crippen LogP contribution in [0.25, 0.3) is 11.3 Å². The van der Waals surface area contributed by atoms with Crippen molar-refractivity contribution in [3.8, 4) is 11.3 Å². The third-order valence-corrected chi connectivity index (χ3v) is 4.34. The van der Waals surface area contributed by atoms with Crippen LogP contribution < -0.4 is 0 Å². The first-order valence-electron chi connectivity index (χ1n) is 4.64. The van der Waals surface area contributed by atoms with Crippen molar-refractivity contribution < 1.29 is 5.11 Å². The van der Waals surface area contributed by atoms with Crippen molar-refractivity contribution in [3.05, 3.63) is 37.0 Å². The molecule has 0 spiro atoms. The van der Waals surface area contributed by atoms with Crippen molar-refractivity contribution in [2.75, 3.05) is 0 Å². The third-order valence-electron chi connectivity index (χ3n) is 2.19. The maximum Gasteiger partial charge on any atom is 0.160 e. The molecule has 0 unspecified atom stereocenters. The standard InChI is InChI=1S/C11H9Br2NOS/c1-6-2-3-7(8(12)4-6)10-9(5-15)16-11(13)14-10/h2-4,15H,5H2,1H3. The molecule has 0 atom stereocenters. The molecule has 0 bridgehead atoms. The summed E-state index contributed by atoms with van der Waals surface area (Å²) in [5.74, 6) is 0. The lowest BCUT2D eigenvalue weighted by atomic mass is 10.1. The summed E-state index contributed by atoms with van der Waals surface area (Å²) in [6.45, 7) is 2.05. The summed E-state index contributed by atoms with van der Waals surface area (Å²) in [4.78, 5) is 5.26. The van der Waals surface area contributed by atoms with E-state index in [2.05, 4.69) is 36.8 Å². The molecule has 1 N–H and O–H groups in total. The van der Waals surface area contributed by atoms with Crippen LogP contribution in [0, 0.1) is 6.92 Å². The van der Waals surface area contributed by atoms with Gasteiger partial charge in [0.25, 0.3) is 0 Å². The fourth-order valence-electron chi connectivity index (χ4n) is 1.45. The number of rotatable bonds is 2. The summed E-state index contributed by atoms with van der Waals surface area (Å²) in [5, 5.41) is 9.27. The molecule has 2 rings (SSSR count). The average Bonchev–Trinajstić information content (AvgIpc) is 2.59. The van der Waals surface area contributed by atoms with Gasteiger partial charge < -0.3 is 5.11 Å². The van der Waals surface area contributed by atoms with E-state index in [-0.39, 0.29) is 6.61 Å². The van der Waals surface area contributed by atoms with Crippen LogP contribution in [0.2, 0.25) is 0 Å². The van der Waals surface area contributed by atoms with Crippen molar-refractivity contribution in [2.24, 2.45) is 0 Å². The predicted molar refractivity (Wildman–Crippen MR) is 73.6 cm³/mol. The van der Waals surface area contributed by atoms with Crippen molar-refractivity contribution in [2.45, 2.75) is 13.5 Å². The normalized spacial score (nSPS) is 10.8. The Labute approximate surface area is 115 Å². The Morgan fingerprint density at radius 1 is 1.38 bits per heavy atom. The molecule has 1 aromatic heterocycles. The Balaban J connectivity index is 2.57. The number of hydrogen-bond donors (Lipinski definition) is 1. The largest absolute Gasteiger partial charge is 0.391 e. The first kappa shape index (κ1) is 12.2. The smallest absolute Gasteiger partial charge is 0.160 e. The molecule has 0 fully saturated rings. The topological polar surface area (TPSA) is 33.1 Å². The van der Waals surface area contributed by atoms with Crippen LogP contribution in [0.1, 0.15) is 10.4 Å².